The summed E-state index contributed by atoms with van der Waals surface area (Å²) in [7, 11) is 0. The van der Waals surface area contributed by atoms with E-state index in [1.165, 1.54) is 17.0 Å². The molecule has 5 nitrogen and oxygen atoms in total. The number of nitrogens with one attached hydrogen (secondary N) is 1. The van der Waals surface area contributed by atoms with E-state index in [-0.39, 0.29) is 18.2 Å². The van der Waals surface area contributed by atoms with E-state index in [0.717, 1.165) is 0 Å². The maximum absolute atomic E-state index is 13.6. The van der Waals surface area contributed by atoms with Crippen LogP contribution in [0.2, 0.25) is 0 Å². The van der Waals surface area contributed by atoms with Crippen LogP contribution in [-0.2, 0) is 4.79 Å². The van der Waals surface area contributed by atoms with Crippen LogP contribution in [0.15, 0.2) is 22.7 Å². The average molecular weight is 345 g/mol. The van der Waals surface area contributed by atoms with Crippen LogP contribution in [0.5, 0.6) is 0 Å². The minimum Gasteiger partial charge on any atom is -0.481 e. The molecule has 1 aromatic rings. The fourth-order valence-corrected chi connectivity index (χ4v) is 2.57. The summed E-state index contributed by atoms with van der Waals surface area (Å²) in [5.74, 6) is -2.15. The quantitative estimate of drug-likeness (QED) is 0.866. The second-order valence-corrected chi connectivity index (χ2v) is 5.80. The van der Waals surface area contributed by atoms with Crippen molar-refractivity contribution in [3.8, 4) is 0 Å². The molecule has 0 saturated carbocycles. The highest BCUT2D eigenvalue weighted by Crippen LogP contribution is 2.25. The highest BCUT2D eigenvalue weighted by molar-refractivity contribution is 9.10. The maximum atomic E-state index is 13.6. The van der Waals surface area contributed by atoms with Gasteiger partial charge in [0.15, 0.2) is 0 Å². The first-order valence-electron chi connectivity index (χ1n) is 6.12. The number of halogens is 2. The van der Waals surface area contributed by atoms with Gasteiger partial charge in [-0.3, -0.25) is 4.79 Å². The van der Waals surface area contributed by atoms with Crippen LogP contribution in [-0.4, -0.2) is 35.1 Å². The molecule has 2 atom stereocenters. The predicted octanol–water partition coefficient (Wildman–Crippen LogP) is 2.77. The molecule has 1 heterocycles. The van der Waals surface area contributed by atoms with Gasteiger partial charge >= 0.3 is 12.0 Å². The van der Waals surface area contributed by atoms with Gasteiger partial charge in [-0.2, -0.15) is 0 Å². The van der Waals surface area contributed by atoms with Crippen molar-refractivity contribution in [3.63, 3.8) is 0 Å². The van der Waals surface area contributed by atoms with E-state index >= 15 is 0 Å². The van der Waals surface area contributed by atoms with Gasteiger partial charge in [-0.25, -0.2) is 9.18 Å². The zero-order valence-electron chi connectivity index (χ0n) is 10.8. The van der Waals surface area contributed by atoms with Gasteiger partial charge in [0, 0.05) is 17.6 Å². The van der Waals surface area contributed by atoms with Gasteiger partial charge in [0.2, 0.25) is 0 Å². The number of hydrogen-bond donors (Lipinski definition) is 2. The van der Waals surface area contributed by atoms with E-state index in [4.69, 9.17) is 5.11 Å². The SMILES string of the molecule is CC1CN(C(=O)Nc2ccc(Br)cc2F)CC1C(=O)O. The monoisotopic (exact) mass is 344 g/mol. The Morgan fingerprint density at radius 3 is 2.70 bits per heavy atom. The normalized spacial score (nSPS) is 21.9. The first-order valence-corrected chi connectivity index (χ1v) is 6.91. The van der Waals surface area contributed by atoms with E-state index in [1.807, 2.05) is 0 Å². The highest BCUT2D eigenvalue weighted by atomic mass is 79.9. The molecule has 0 aromatic heterocycles. The lowest BCUT2D eigenvalue weighted by molar-refractivity contribution is -0.142. The Balaban J connectivity index is 2.04. The van der Waals surface area contributed by atoms with Crippen LogP contribution in [0.1, 0.15) is 6.92 Å². The molecule has 2 unspecified atom stereocenters. The average Bonchev–Trinajstić information content (AvgIpc) is 2.75. The van der Waals surface area contributed by atoms with Crippen molar-refractivity contribution in [3.05, 3.63) is 28.5 Å². The molecule has 1 aliphatic rings. The number of benzene rings is 1. The Hall–Kier alpha value is -1.63. The smallest absolute Gasteiger partial charge is 0.321 e. The fraction of sp³-hybridized carbons (Fsp3) is 0.385. The topological polar surface area (TPSA) is 69.6 Å². The second-order valence-electron chi connectivity index (χ2n) is 4.88. The zero-order chi connectivity index (χ0) is 14.9. The number of carbonyl (C=O) groups is 2. The number of nitrogens with zero attached hydrogens (tertiary/aromatic N) is 1. The van der Waals surface area contributed by atoms with Crippen LogP contribution < -0.4 is 5.32 Å². The zero-order valence-corrected chi connectivity index (χ0v) is 12.4. The van der Waals surface area contributed by atoms with Crippen LogP contribution in [0, 0.1) is 17.7 Å². The standard InChI is InChI=1S/C13H14BrFN2O3/c1-7-5-17(6-9(7)12(18)19)13(20)16-11-3-2-8(14)4-10(11)15/h2-4,7,9H,5-6H2,1H3,(H,16,20)(H,18,19). The summed E-state index contributed by atoms with van der Waals surface area (Å²) in [5.41, 5.74) is 0.0737. The molecule has 1 saturated heterocycles. The Kier molecular flexibility index (Phi) is 4.27. The van der Waals surface area contributed by atoms with Gasteiger partial charge in [-0.05, 0) is 24.1 Å². The van der Waals surface area contributed by atoms with Gasteiger partial charge < -0.3 is 15.3 Å². The molecule has 0 radical (unpaired) electrons. The molecule has 1 aliphatic heterocycles. The maximum Gasteiger partial charge on any atom is 0.321 e. The van der Waals surface area contributed by atoms with E-state index in [2.05, 4.69) is 21.2 Å². The van der Waals surface area contributed by atoms with Crippen LogP contribution >= 0.6 is 15.9 Å². The molecular weight excluding hydrogens is 331 g/mol. The largest absolute Gasteiger partial charge is 0.481 e. The Bertz CT molecular complexity index is 552. The number of anilines is 1. The number of rotatable bonds is 2. The molecule has 2 rings (SSSR count). The van der Waals surface area contributed by atoms with Gasteiger partial charge in [0.25, 0.3) is 0 Å². The minimum atomic E-state index is -0.914. The fourth-order valence-electron chi connectivity index (χ4n) is 2.24. The number of carboxylic acids is 1. The summed E-state index contributed by atoms with van der Waals surface area (Å²) in [4.78, 5) is 24.4. The third kappa shape index (κ3) is 3.09. The molecule has 1 aromatic carbocycles. The summed E-state index contributed by atoms with van der Waals surface area (Å²) in [6.45, 7) is 2.27. The number of amides is 2. The number of likely N-dealkylation sites (tertiary alicyclic amines) is 1. The van der Waals surface area contributed by atoms with Crippen molar-refractivity contribution in [2.45, 2.75) is 6.92 Å². The van der Waals surface area contributed by atoms with Crippen LogP contribution in [0.4, 0.5) is 14.9 Å². The number of carboxylic acid groups (broad SMARTS) is 1. The minimum absolute atomic E-state index is 0.0737. The number of hydrogen-bond acceptors (Lipinski definition) is 2. The highest BCUT2D eigenvalue weighted by Gasteiger charge is 2.37. The summed E-state index contributed by atoms with van der Waals surface area (Å²) in [5, 5.41) is 11.5. The van der Waals surface area contributed by atoms with E-state index in [0.29, 0.717) is 11.0 Å². The molecule has 108 valence electrons. The van der Waals surface area contributed by atoms with E-state index in [1.54, 1.807) is 13.0 Å². The summed E-state index contributed by atoms with van der Waals surface area (Å²) in [6, 6.07) is 3.83. The van der Waals surface area contributed by atoms with Gasteiger partial charge in [0.05, 0.1) is 11.6 Å². The molecule has 0 aliphatic carbocycles. The first kappa shape index (κ1) is 14.8. The van der Waals surface area contributed by atoms with Crippen molar-refractivity contribution in [2.24, 2.45) is 11.8 Å². The summed E-state index contributed by atoms with van der Waals surface area (Å²) >= 11 is 3.13. The van der Waals surface area contributed by atoms with Crippen molar-refractivity contribution >= 4 is 33.6 Å². The Labute approximate surface area is 123 Å². The third-order valence-corrected chi connectivity index (χ3v) is 3.88. The Morgan fingerprint density at radius 2 is 2.15 bits per heavy atom. The summed E-state index contributed by atoms with van der Waals surface area (Å²) < 4.78 is 14.2. The molecule has 2 amide bonds. The van der Waals surface area contributed by atoms with Crippen molar-refractivity contribution in [1.29, 1.82) is 0 Å². The molecule has 20 heavy (non-hydrogen) atoms. The molecular formula is C13H14BrFN2O3. The molecule has 0 spiro atoms. The lowest BCUT2D eigenvalue weighted by Gasteiger charge is -2.17. The van der Waals surface area contributed by atoms with Crippen LogP contribution in [0.25, 0.3) is 0 Å². The van der Waals surface area contributed by atoms with Gasteiger partial charge in [0.1, 0.15) is 5.82 Å². The third-order valence-electron chi connectivity index (χ3n) is 3.39. The molecule has 2 N–H and O–H groups in total. The lowest BCUT2D eigenvalue weighted by Crippen LogP contribution is -2.34. The number of urea groups is 1. The van der Waals surface area contributed by atoms with Crippen molar-refractivity contribution in [2.75, 3.05) is 18.4 Å². The predicted molar refractivity (Wildman–Crippen MR) is 75.0 cm³/mol. The van der Waals surface area contributed by atoms with Gasteiger partial charge in [-0.15, -0.1) is 0 Å². The number of carbonyl (C=O) groups excluding carboxylic acids is 1. The van der Waals surface area contributed by atoms with E-state index < -0.39 is 23.7 Å². The van der Waals surface area contributed by atoms with E-state index in [9.17, 15) is 14.0 Å². The van der Waals surface area contributed by atoms with Gasteiger partial charge in [-0.1, -0.05) is 22.9 Å². The number of aliphatic carboxylic acids is 1. The molecule has 0 bridgehead atoms. The second kappa shape index (κ2) is 5.78. The van der Waals surface area contributed by atoms with Crippen LogP contribution in [0.3, 0.4) is 0 Å². The molecule has 1 fully saturated rings. The Morgan fingerprint density at radius 1 is 1.45 bits per heavy atom. The first-order chi connectivity index (χ1) is 9.38. The van der Waals surface area contributed by atoms with Crippen molar-refractivity contribution in [1.82, 2.24) is 4.90 Å². The van der Waals surface area contributed by atoms with Crippen molar-refractivity contribution < 1.29 is 19.1 Å². The lowest BCUT2D eigenvalue weighted by atomic mass is 9.99. The summed E-state index contributed by atoms with van der Waals surface area (Å²) in [6.07, 6.45) is 0. The molecule has 7 heteroatoms.